The molecule has 6 nitrogen and oxygen atoms in total. The Morgan fingerprint density at radius 1 is 1.03 bits per heavy atom. The molecule has 152 valence electrons. The summed E-state index contributed by atoms with van der Waals surface area (Å²) in [4.78, 5) is 18.8. The van der Waals surface area contributed by atoms with Gasteiger partial charge in [0.1, 0.15) is 0 Å². The van der Waals surface area contributed by atoms with E-state index in [0.717, 1.165) is 39.7 Å². The number of amides is 1. The molecule has 0 bridgehead atoms. The van der Waals surface area contributed by atoms with Gasteiger partial charge in [0.25, 0.3) is 5.91 Å². The summed E-state index contributed by atoms with van der Waals surface area (Å²) in [6.45, 7) is 2.07. The van der Waals surface area contributed by atoms with E-state index in [-0.39, 0.29) is 11.1 Å². The largest absolute Gasteiger partial charge is 0.284 e. The van der Waals surface area contributed by atoms with Crippen LogP contribution in [0.4, 0.5) is 5.13 Å². The number of anilines is 1. The van der Waals surface area contributed by atoms with Gasteiger partial charge in [0.05, 0.1) is 10.6 Å². The van der Waals surface area contributed by atoms with Crippen molar-refractivity contribution in [2.75, 3.05) is 4.90 Å². The smallest absolute Gasteiger partial charge is 0.273 e. The summed E-state index contributed by atoms with van der Waals surface area (Å²) >= 11 is 2.46. The minimum atomic E-state index is -0.244. The first-order chi connectivity index (χ1) is 15.1. The Morgan fingerprint density at radius 2 is 1.71 bits per heavy atom. The van der Waals surface area contributed by atoms with Crippen molar-refractivity contribution in [1.82, 2.24) is 15.2 Å². The van der Waals surface area contributed by atoms with E-state index in [1.54, 1.807) is 23.8 Å². The molecule has 1 saturated heterocycles. The molecule has 8 heteroatoms. The number of hydrogen-bond acceptors (Lipinski definition) is 6. The highest BCUT2D eigenvalue weighted by Gasteiger charge is 2.35. The second-order valence-corrected chi connectivity index (χ2v) is 8.91. The minimum absolute atomic E-state index is 0.152. The van der Waals surface area contributed by atoms with Crippen LogP contribution in [0.1, 0.15) is 11.1 Å². The molecule has 0 saturated carbocycles. The van der Waals surface area contributed by atoms with Gasteiger partial charge < -0.3 is 0 Å². The standard InChI is InChI=1S/C23H17N5OS2/c1-14-2-4-15(5-3-14)16-6-8-17(9-7-16)20-18(13-26-27-20)12-19-21(29)28(22(24)31-19)23-25-10-11-30-23/h2-13,24H,1H3,(H,26,27)/b19-12-,24-22?. The number of rotatable bonds is 4. The molecule has 5 rings (SSSR count). The molecule has 0 aliphatic carbocycles. The number of amidine groups is 1. The summed E-state index contributed by atoms with van der Waals surface area (Å²) in [5, 5.41) is 17.9. The zero-order chi connectivity index (χ0) is 21.4. The van der Waals surface area contributed by atoms with Crippen LogP contribution in [0.2, 0.25) is 0 Å². The maximum atomic E-state index is 12.8. The molecule has 0 radical (unpaired) electrons. The fourth-order valence-electron chi connectivity index (χ4n) is 3.34. The van der Waals surface area contributed by atoms with Crippen LogP contribution in [0.25, 0.3) is 28.5 Å². The van der Waals surface area contributed by atoms with Crippen LogP contribution < -0.4 is 4.90 Å². The Labute approximate surface area is 187 Å². The lowest BCUT2D eigenvalue weighted by Crippen LogP contribution is -2.27. The lowest BCUT2D eigenvalue weighted by Gasteiger charge is -2.08. The topological polar surface area (TPSA) is 85.7 Å². The van der Waals surface area contributed by atoms with Crippen molar-refractivity contribution in [2.24, 2.45) is 0 Å². The van der Waals surface area contributed by atoms with Gasteiger partial charge in [-0.1, -0.05) is 54.1 Å². The zero-order valence-corrected chi connectivity index (χ0v) is 18.1. The Bertz CT molecular complexity index is 1290. The Morgan fingerprint density at radius 3 is 2.39 bits per heavy atom. The molecule has 1 aliphatic heterocycles. The monoisotopic (exact) mass is 443 g/mol. The van der Waals surface area contributed by atoms with Gasteiger partial charge in [-0.2, -0.15) is 5.10 Å². The van der Waals surface area contributed by atoms with E-state index in [2.05, 4.69) is 58.5 Å². The maximum absolute atomic E-state index is 12.8. The molecule has 3 heterocycles. The second-order valence-electron chi connectivity index (χ2n) is 7.00. The Kier molecular flexibility index (Phi) is 5.01. The fraction of sp³-hybridized carbons (Fsp3) is 0.0435. The predicted octanol–water partition coefficient (Wildman–Crippen LogP) is 5.56. The predicted molar refractivity (Wildman–Crippen MR) is 127 cm³/mol. The van der Waals surface area contributed by atoms with Gasteiger partial charge in [0, 0.05) is 28.9 Å². The van der Waals surface area contributed by atoms with Crippen molar-refractivity contribution in [3.8, 4) is 22.4 Å². The number of hydrogen-bond donors (Lipinski definition) is 2. The van der Waals surface area contributed by atoms with E-state index < -0.39 is 0 Å². The number of nitrogens with zero attached hydrogens (tertiary/aromatic N) is 3. The number of thioether (sulfide) groups is 1. The van der Waals surface area contributed by atoms with E-state index in [0.29, 0.717) is 10.0 Å². The number of aromatic nitrogens is 3. The molecule has 2 aromatic heterocycles. The summed E-state index contributed by atoms with van der Waals surface area (Å²) in [7, 11) is 0. The first-order valence-electron chi connectivity index (χ1n) is 9.53. The van der Waals surface area contributed by atoms with E-state index >= 15 is 0 Å². The number of thiazole rings is 1. The molecule has 0 unspecified atom stereocenters. The lowest BCUT2D eigenvalue weighted by molar-refractivity contribution is -0.113. The van der Waals surface area contributed by atoms with Gasteiger partial charge in [-0.05, 0) is 35.9 Å². The highest BCUT2D eigenvalue weighted by atomic mass is 32.2. The van der Waals surface area contributed by atoms with Gasteiger partial charge >= 0.3 is 0 Å². The molecule has 0 atom stereocenters. The van der Waals surface area contributed by atoms with Gasteiger partial charge in [-0.3, -0.25) is 15.3 Å². The van der Waals surface area contributed by atoms with Crippen molar-refractivity contribution in [2.45, 2.75) is 6.92 Å². The van der Waals surface area contributed by atoms with E-state index in [4.69, 9.17) is 5.41 Å². The van der Waals surface area contributed by atoms with Crippen LogP contribution in [0.15, 0.2) is 71.2 Å². The van der Waals surface area contributed by atoms with Crippen LogP contribution in [-0.2, 0) is 4.79 Å². The van der Waals surface area contributed by atoms with Gasteiger partial charge in [-0.25, -0.2) is 9.88 Å². The minimum Gasteiger partial charge on any atom is -0.284 e. The summed E-state index contributed by atoms with van der Waals surface area (Å²) in [6.07, 6.45) is 5.17. The van der Waals surface area contributed by atoms with Gasteiger partial charge in [0.15, 0.2) is 10.3 Å². The number of carbonyl (C=O) groups is 1. The Hall–Kier alpha value is -3.49. The first-order valence-corrected chi connectivity index (χ1v) is 11.2. The summed E-state index contributed by atoms with van der Waals surface area (Å²) in [6, 6.07) is 16.6. The number of H-pyrrole nitrogens is 1. The maximum Gasteiger partial charge on any atom is 0.273 e. The molecular weight excluding hydrogens is 426 g/mol. The third-order valence-corrected chi connectivity index (χ3v) is 6.58. The Balaban J connectivity index is 1.43. The van der Waals surface area contributed by atoms with Gasteiger partial charge in [0.2, 0.25) is 0 Å². The number of nitrogens with one attached hydrogen (secondary N) is 2. The molecule has 0 spiro atoms. The highest BCUT2D eigenvalue weighted by molar-refractivity contribution is 8.19. The zero-order valence-electron chi connectivity index (χ0n) is 16.5. The lowest BCUT2D eigenvalue weighted by atomic mass is 10.0. The van der Waals surface area contributed by atoms with Crippen molar-refractivity contribution in [3.05, 3.63) is 82.3 Å². The van der Waals surface area contributed by atoms with Gasteiger partial charge in [-0.15, -0.1) is 11.3 Å². The number of aromatic amines is 1. The molecule has 2 N–H and O–H groups in total. The average Bonchev–Trinajstić information content (AvgIpc) is 3.51. The van der Waals surface area contributed by atoms with Crippen molar-refractivity contribution in [3.63, 3.8) is 0 Å². The normalized spacial score (nSPS) is 15.3. The highest BCUT2D eigenvalue weighted by Crippen LogP contribution is 2.37. The molecule has 1 aliphatic rings. The molecule has 1 fully saturated rings. The van der Waals surface area contributed by atoms with E-state index in [9.17, 15) is 4.79 Å². The van der Waals surface area contributed by atoms with E-state index in [1.807, 2.05) is 12.1 Å². The van der Waals surface area contributed by atoms with Crippen LogP contribution in [0, 0.1) is 12.3 Å². The number of aryl methyl sites for hydroxylation is 1. The summed E-state index contributed by atoms with van der Waals surface area (Å²) < 4.78 is 0. The third kappa shape index (κ3) is 3.71. The van der Waals surface area contributed by atoms with Crippen molar-refractivity contribution < 1.29 is 4.79 Å². The molecule has 2 aromatic carbocycles. The third-order valence-electron chi connectivity index (χ3n) is 4.93. The summed E-state index contributed by atoms with van der Waals surface area (Å²) in [5.74, 6) is -0.244. The fourth-order valence-corrected chi connectivity index (χ4v) is 4.87. The van der Waals surface area contributed by atoms with Crippen molar-refractivity contribution in [1.29, 1.82) is 5.41 Å². The van der Waals surface area contributed by atoms with Crippen molar-refractivity contribution >= 4 is 45.4 Å². The molecular formula is C23H17N5OS2. The van der Waals surface area contributed by atoms with Crippen LogP contribution in [0.3, 0.4) is 0 Å². The second kappa shape index (κ2) is 7.98. The SMILES string of the molecule is Cc1ccc(-c2ccc(-c3n[nH]cc3/C=C3\SC(=N)N(c4nccs4)C3=O)cc2)cc1. The van der Waals surface area contributed by atoms with E-state index in [1.165, 1.54) is 21.8 Å². The average molecular weight is 444 g/mol. The van der Waals surface area contributed by atoms with Crippen LogP contribution in [0.5, 0.6) is 0 Å². The summed E-state index contributed by atoms with van der Waals surface area (Å²) in [5.41, 5.74) is 6.04. The quantitative estimate of drug-likeness (QED) is 0.404. The number of carbonyl (C=O) groups excluding carboxylic acids is 1. The molecule has 1 amide bonds. The first kappa shape index (κ1) is 19.5. The number of benzene rings is 2. The van der Waals surface area contributed by atoms with Crippen LogP contribution >= 0.6 is 23.1 Å². The molecule has 4 aromatic rings. The molecule has 31 heavy (non-hydrogen) atoms. The van der Waals surface area contributed by atoms with Crippen LogP contribution in [-0.4, -0.2) is 26.3 Å².